The van der Waals surface area contributed by atoms with Crippen LogP contribution in [0.25, 0.3) is 0 Å². The molecule has 2 nitrogen and oxygen atoms in total. The van der Waals surface area contributed by atoms with Crippen LogP contribution >= 0.6 is 0 Å². The highest BCUT2D eigenvalue weighted by molar-refractivity contribution is 5.40. The zero-order valence-electron chi connectivity index (χ0n) is 8.19. The summed E-state index contributed by atoms with van der Waals surface area (Å²) >= 11 is 0. The second kappa shape index (κ2) is 4.37. The molecule has 2 aromatic rings. The Hall–Kier alpha value is -1.81. The minimum Gasteiger partial charge on any atom is -0.377 e. The number of pyridine rings is 1. The van der Waals surface area contributed by atoms with Crippen LogP contribution in [-0.2, 0) is 0 Å². The Morgan fingerprint density at radius 1 is 1.00 bits per heavy atom. The second-order valence-corrected chi connectivity index (χ2v) is 3.25. The number of halogens is 2. The van der Waals surface area contributed by atoms with E-state index in [1.54, 1.807) is 0 Å². The van der Waals surface area contributed by atoms with E-state index in [9.17, 15) is 13.9 Å². The first-order valence-electron chi connectivity index (χ1n) is 4.59. The van der Waals surface area contributed by atoms with Crippen molar-refractivity contribution in [1.82, 2.24) is 4.98 Å². The molecule has 1 aromatic heterocycles. The maximum absolute atomic E-state index is 12.9. The molecule has 0 atom stereocenters. The van der Waals surface area contributed by atoms with Crippen LogP contribution < -0.4 is 0 Å². The van der Waals surface area contributed by atoms with Gasteiger partial charge in [0.15, 0.2) is 6.10 Å². The maximum atomic E-state index is 12.9. The fraction of sp³-hybridized carbons (Fsp3) is 0. The van der Waals surface area contributed by atoms with Crippen molar-refractivity contribution >= 4 is 0 Å². The lowest BCUT2D eigenvalue weighted by atomic mass is 10.0. The monoisotopic (exact) mass is 220 g/mol. The molecule has 0 amide bonds. The van der Waals surface area contributed by atoms with Gasteiger partial charge in [0, 0.05) is 11.8 Å². The summed E-state index contributed by atoms with van der Waals surface area (Å²) in [7, 11) is 0. The van der Waals surface area contributed by atoms with Crippen LogP contribution in [0.3, 0.4) is 0 Å². The molecule has 1 radical (unpaired) electrons. The van der Waals surface area contributed by atoms with Crippen molar-refractivity contribution in [3.05, 3.63) is 71.6 Å². The lowest BCUT2D eigenvalue weighted by molar-refractivity contribution is 0.354. The van der Waals surface area contributed by atoms with Crippen LogP contribution in [0.1, 0.15) is 11.1 Å². The minimum absolute atomic E-state index is 0.202. The van der Waals surface area contributed by atoms with E-state index in [2.05, 4.69) is 4.98 Å². The van der Waals surface area contributed by atoms with Gasteiger partial charge in [-0.05, 0) is 23.8 Å². The van der Waals surface area contributed by atoms with E-state index in [-0.39, 0.29) is 17.2 Å². The number of aliphatic hydroxyl groups is 1. The highest BCUT2D eigenvalue weighted by Crippen LogP contribution is 2.21. The number of aromatic nitrogens is 1. The first-order chi connectivity index (χ1) is 7.66. The summed E-state index contributed by atoms with van der Waals surface area (Å²) in [5.41, 5.74) is 0.498. The minimum atomic E-state index is -0.555. The van der Waals surface area contributed by atoms with Crippen LogP contribution in [0.15, 0.2) is 42.7 Å². The van der Waals surface area contributed by atoms with Gasteiger partial charge in [-0.3, -0.25) is 4.98 Å². The standard InChI is InChI=1S/C12H8F2NO/c13-10-3-1-2-8(4-10)12(16)9-5-11(14)7-15-6-9/h1-7,16H. The Morgan fingerprint density at radius 3 is 2.44 bits per heavy atom. The summed E-state index contributed by atoms with van der Waals surface area (Å²) in [5.74, 6) is -1.02. The smallest absolute Gasteiger partial charge is 0.153 e. The number of rotatable bonds is 2. The fourth-order valence-electron chi connectivity index (χ4n) is 1.34. The molecule has 0 saturated carbocycles. The number of benzene rings is 1. The third-order valence-electron chi connectivity index (χ3n) is 2.08. The van der Waals surface area contributed by atoms with Crippen molar-refractivity contribution in [2.45, 2.75) is 0 Å². The Bertz CT molecular complexity index is 456. The van der Waals surface area contributed by atoms with Gasteiger partial charge in [-0.1, -0.05) is 12.1 Å². The van der Waals surface area contributed by atoms with Gasteiger partial charge in [-0.25, -0.2) is 8.78 Å². The van der Waals surface area contributed by atoms with Gasteiger partial charge in [-0.2, -0.15) is 0 Å². The maximum Gasteiger partial charge on any atom is 0.153 e. The third kappa shape index (κ3) is 2.23. The Labute approximate surface area is 91.2 Å². The zero-order valence-corrected chi connectivity index (χ0v) is 8.19. The van der Waals surface area contributed by atoms with E-state index >= 15 is 0 Å². The molecule has 0 spiro atoms. The number of hydrogen-bond acceptors (Lipinski definition) is 2. The second-order valence-electron chi connectivity index (χ2n) is 3.25. The molecule has 0 aliphatic carbocycles. The lowest BCUT2D eigenvalue weighted by Gasteiger charge is -2.09. The van der Waals surface area contributed by atoms with Crippen LogP contribution in [0.2, 0.25) is 0 Å². The van der Waals surface area contributed by atoms with E-state index in [1.165, 1.54) is 30.5 Å². The molecule has 0 unspecified atom stereocenters. The molecular formula is C12H8F2NO. The molecule has 2 rings (SSSR count). The van der Waals surface area contributed by atoms with Crippen molar-refractivity contribution in [1.29, 1.82) is 0 Å². The van der Waals surface area contributed by atoms with Crippen molar-refractivity contribution in [3.8, 4) is 0 Å². The highest BCUT2D eigenvalue weighted by Gasteiger charge is 2.13. The summed E-state index contributed by atoms with van der Waals surface area (Å²) in [6.07, 6.45) is 2.14. The van der Waals surface area contributed by atoms with E-state index in [4.69, 9.17) is 0 Å². The molecule has 0 saturated heterocycles. The van der Waals surface area contributed by atoms with E-state index in [0.717, 1.165) is 12.3 Å². The Kier molecular flexibility index (Phi) is 2.92. The first-order valence-corrected chi connectivity index (χ1v) is 4.59. The normalized spacial score (nSPS) is 10.8. The molecule has 0 aliphatic rings. The van der Waals surface area contributed by atoms with Gasteiger partial charge < -0.3 is 5.11 Å². The molecule has 16 heavy (non-hydrogen) atoms. The molecule has 4 heteroatoms. The largest absolute Gasteiger partial charge is 0.377 e. The van der Waals surface area contributed by atoms with Gasteiger partial charge in [0.05, 0.1) is 6.20 Å². The summed E-state index contributed by atoms with van der Waals surface area (Å²) in [5, 5.41) is 9.78. The SMILES string of the molecule is O[C](c1cccc(F)c1)c1cncc(F)c1. The van der Waals surface area contributed by atoms with Crippen LogP contribution in [0.4, 0.5) is 8.78 Å². The predicted molar refractivity (Wildman–Crippen MR) is 54.0 cm³/mol. The first kappa shape index (κ1) is 10.7. The molecule has 1 heterocycles. The van der Waals surface area contributed by atoms with Crippen LogP contribution in [0.5, 0.6) is 0 Å². The summed E-state index contributed by atoms with van der Waals surface area (Å²) in [4.78, 5) is 3.60. The van der Waals surface area contributed by atoms with E-state index < -0.39 is 11.6 Å². The number of aliphatic hydroxyl groups excluding tert-OH is 1. The zero-order chi connectivity index (χ0) is 11.5. The van der Waals surface area contributed by atoms with Gasteiger partial charge in [0.1, 0.15) is 11.6 Å². The molecule has 0 bridgehead atoms. The van der Waals surface area contributed by atoms with Crippen LogP contribution in [-0.4, -0.2) is 10.1 Å². The Morgan fingerprint density at radius 2 is 1.75 bits per heavy atom. The summed E-state index contributed by atoms with van der Waals surface area (Å²) < 4.78 is 25.8. The topological polar surface area (TPSA) is 33.1 Å². The molecule has 0 aliphatic heterocycles. The summed E-state index contributed by atoms with van der Waals surface area (Å²) in [6.45, 7) is 0. The quantitative estimate of drug-likeness (QED) is 0.844. The van der Waals surface area contributed by atoms with E-state index in [1.807, 2.05) is 0 Å². The van der Waals surface area contributed by atoms with E-state index in [0.29, 0.717) is 0 Å². The molecule has 1 N–H and O–H groups in total. The molecule has 1 aromatic carbocycles. The lowest BCUT2D eigenvalue weighted by Crippen LogP contribution is -2.02. The fourth-order valence-corrected chi connectivity index (χ4v) is 1.34. The van der Waals surface area contributed by atoms with Crippen molar-refractivity contribution in [3.63, 3.8) is 0 Å². The molecular weight excluding hydrogens is 212 g/mol. The number of nitrogens with zero attached hydrogens (tertiary/aromatic N) is 1. The van der Waals surface area contributed by atoms with Crippen molar-refractivity contribution < 1.29 is 13.9 Å². The number of hydrogen-bond donors (Lipinski definition) is 1. The third-order valence-corrected chi connectivity index (χ3v) is 2.08. The Balaban J connectivity index is 2.35. The summed E-state index contributed by atoms with van der Waals surface area (Å²) in [6, 6.07) is 6.56. The molecule has 81 valence electrons. The van der Waals surface area contributed by atoms with Crippen molar-refractivity contribution in [2.75, 3.05) is 0 Å². The average molecular weight is 220 g/mol. The molecule has 0 fully saturated rings. The van der Waals surface area contributed by atoms with Crippen LogP contribution in [0, 0.1) is 17.7 Å². The van der Waals surface area contributed by atoms with Crippen molar-refractivity contribution in [2.24, 2.45) is 0 Å². The van der Waals surface area contributed by atoms with Gasteiger partial charge in [0.25, 0.3) is 0 Å². The average Bonchev–Trinajstić information content (AvgIpc) is 2.28. The van der Waals surface area contributed by atoms with Gasteiger partial charge >= 0.3 is 0 Å². The highest BCUT2D eigenvalue weighted by atomic mass is 19.1. The van der Waals surface area contributed by atoms with Gasteiger partial charge in [-0.15, -0.1) is 0 Å². The predicted octanol–water partition coefficient (Wildman–Crippen LogP) is 2.66. The van der Waals surface area contributed by atoms with Gasteiger partial charge in [0.2, 0.25) is 0 Å².